The molecule has 3 aromatic carbocycles. The lowest BCUT2D eigenvalue weighted by Crippen LogP contribution is -2.42. The number of nitrogens with one attached hydrogen (secondary N) is 1. The molecule has 0 radical (unpaired) electrons. The first-order valence-electron chi connectivity index (χ1n) is 10.2. The Balaban J connectivity index is 1.36. The van der Waals surface area contributed by atoms with Gasteiger partial charge in [-0.15, -0.1) is 0 Å². The minimum Gasteiger partial charge on any atom is -0.491 e. The van der Waals surface area contributed by atoms with E-state index in [1.165, 1.54) is 24.3 Å². The average Bonchev–Trinajstić information content (AvgIpc) is 3.03. The van der Waals surface area contributed by atoms with Gasteiger partial charge in [0, 0.05) is 0 Å². The second kappa shape index (κ2) is 8.80. The van der Waals surface area contributed by atoms with E-state index in [0.717, 1.165) is 16.0 Å². The molecule has 0 aliphatic carbocycles. The molecule has 3 amide bonds. The predicted octanol–water partition coefficient (Wildman–Crippen LogP) is 3.70. The van der Waals surface area contributed by atoms with Crippen LogP contribution in [0.3, 0.4) is 0 Å². The molecule has 0 saturated carbocycles. The van der Waals surface area contributed by atoms with Crippen LogP contribution in [0.15, 0.2) is 78.9 Å². The van der Waals surface area contributed by atoms with Gasteiger partial charge in [-0.05, 0) is 47.9 Å². The molecule has 0 spiro atoms. The van der Waals surface area contributed by atoms with E-state index >= 15 is 0 Å². The molecular weight excluding hydrogens is 411 g/mol. The molecule has 2 atom stereocenters. The van der Waals surface area contributed by atoms with Crippen LogP contribution in [-0.2, 0) is 10.3 Å². The van der Waals surface area contributed by atoms with E-state index in [-0.39, 0.29) is 13.2 Å². The number of urea groups is 1. The monoisotopic (exact) mass is 434 g/mol. The number of β-amino-alcohol motifs (C(OH)–C–C–N with tert-alkyl or cyclic N) is 1. The number of amides is 3. The van der Waals surface area contributed by atoms with Crippen molar-refractivity contribution in [3.05, 3.63) is 90.2 Å². The molecule has 7 heteroatoms. The van der Waals surface area contributed by atoms with Crippen molar-refractivity contribution in [2.45, 2.75) is 18.6 Å². The Morgan fingerprint density at radius 2 is 1.59 bits per heavy atom. The molecule has 4 rings (SSSR count). The number of nitrogens with zero attached hydrogens (tertiary/aromatic N) is 1. The van der Waals surface area contributed by atoms with Gasteiger partial charge in [-0.25, -0.2) is 9.18 Å². The molecule has 32 heavy (non-hydrogen) atoms. The van der Waals surface area contributed by atoms with Gasteiger partial charge in [0.1, 0.15) is 29.8 Å². The van der Waals surface area contributed by atoms with E-state index in [1.54, 1.807) is 19.1 Å². The number of rotatable bonds is 7. The third-order valence-electron chi connectivity index (χ3n) is 5.49. The second-order valence-corrected chi connectivity index (χ2v) is 7.83. The Kier molecular flexibility index (Phi) is 5.92. The number of aliphatic hydroxyl groups excluding tert-OH is 1. The van der Waals surface area contributed by atoms with Crippen LogP contribution in [0, 0.1) is 5.82 Å². The molecule has 6 nitrogen and oxygen atoms in total. The Morgan fingerprint density at radius 1 is 0.969 bits per heavy atom. The lowest BCUT2D eigenvalue weighted by Gasteiger charge is -2.23. The van der Waals surface area contributed by atoms with Gasteiger partial charge in [-0.3, -0.25) is 9.69 Å². The maximum absolute atomic E-state index is 13.2. The summed E-state index contributed by atoms with van der Waals surface area (Å²) < 4.78 is 18.9. The molecular formula is C25H23FN2O4. The van der Waals surface area contributed by atoms with Crippen molar-refractivity contribution in [1.82, 2.24) is 10.2 Å². The van der Waals surface area contributed by atoms with Crippen molar-refractivity contribution in [3.63, 3.8) is 0 Å². The number of hydrogen-bond acceptors (Lipinski definition) is 4. The largest absolute Gasteiger partial charge is 0.491 e. The average molecular weight is 434 g/mol. The van der Waals surface area contributed by atoms with Gasteiger partial charge < -0.3 is 15.2 Å². The normalized spacial score (nSPS) is 19.0. The molecule has 0 bridgehead atoms. The second-order valence-electron chi connectivity index (χ2n) is 7.83. The summed E-state index contributed by atoms with van der Waals surface area (Å²) in [7, 11) is 0. The van der Waals surface area contributed by atoms with Crippen LogP contribution in [0.25, 0.3) is 11.1 Å². The van der Waals surface area contributed by atoms with Crippen LogP contribution in [-0.4, -0.2) is 41.2 Å². The number of imide groups is 1. The number of hydrogen-bond donors (Lipinski definition) is 2. The van der Waals surface area contributed by atoms with Gasteiger partial charge in [-0.1, -0.05) is 54.6 Å². The van der Waals surface area contributed by atoms with E-state index < -0.39 is 29.4 Å². The Hall–Kier alpha value is -3.71. The fourth-order valence-corrected chi connectivity index (χ4v) is 3.67. The van der Waals surface area contributed by atoms with Crippen LogP contribution in [0.4, 0.5) is 9.18 Å². The van der Waals surface area contributed by atoms with Crippen LogP contribution in [0.1, 0.15) is 12.5 Å². The minimum absolute atomic E-state index is 0.0883. The van der Waals surface area contributed by atoms with Crippen LogP contribution < -0.4 is 10.1 Å². The van der Waals surface area contributed by atoms with Gasteiger partial charge in [0.25, 0.3) is 5.91 Å². The predicted molar refractivity (Wildman–Crippen MR) is 117 cm³/mol. The SMILES string of the molecule is CC1(c2ccc(F)cc2)NC(=O)N(CC(O)COc2ccc(-c3ccccc3)cc2)C1=O. The van der Waals surface area contributed by atoms with Crippen LogP contribution >= 0.6 is 0 Å². The minimum atomic E-state index is -1.32. The quantitative estimate of drug-likeness (QED) is 0.556. The van der Waals surface area contributed by atoms with Crippen molar-refractivity contribution < 1.29 is 23.8 Å². The van der Waals surface area contributed by atoms with Crippen LogP contribution in [0.2, 0.25) is 0 Å². The summed E-state index contributed by atoms with van der Waals surface area (Å²) >= 11 is 0. The Morgan fingerprint density at radius 3 is 2.25 bits per heavy atom. The maximum atomic E-state index is 13.2. The number of carbonyl (C=O) groups is 2. The van der Waals surface area contributed by atoms with Crippen molar-refractivity contribution in [3.8, 4) is 16.9 Å². The number of aliphatic hydroxyl groups is 1. The maximum Gasteiger partial charge on any atom is 0.325 e. The molecule has 1 aliphatic rings. The number of benzene rings is 3. The lowest BCUT2D eigenvalue weighted by atomic mass is 9.92. The molecule has 2 unspecified atom stereocenters. The van der Waals surface area contributed by atoms with Gasteiger partial charge in [0.05, 0.1) is 6.54 Å². The summed E-state index contributed by atoms with van der Waals surface area (Å²) in [5.74, 6) is -0.382. The summed E-state index contributed by atoms with van der Waals surface area (Å²) in [5.41, 5.74) is 1.27. The third kappa shape index (κ3) is 4.33. The summed E-state index contributed by atoms with van der Waals surface area (Å²) in [6, 6.07) is 22.1. The summed E-state index contributed by atoms with van der Waals surface area (Å²) in [4.78, 5) is 26.2. The van der Waals surface area contributed by atoms with Gasteiger partial charge >= 0.3 is 6.03 Å². The first-order chi connectivity index (χ1) is 15.4. The summed E-state index contributed by atoms with van der Waals surface area (Å²) in [5, 5.41) is 13.0. The molecule has 3 aromatic rings. The molecule has 164 valence electrons. The number of ether oxygens (including phenoxy) is 1. The van der Waals surface area contributed by atoms with Crippen LogP contribution in [0.5, 0.6) is 5.75 Å². The van der Waals surface area contributed by atoms with Crippen molar-refractivity contribution >= 4 is 11.9 Å². The first-order valence-corrected chi connectivity index (χ1v) is 10.2. The Labute approximate surface area is 185 Å². The van der Waals surface area contributed by atoms with Gasteiger partial charge in [0.2, 0.25) is 0 Å². The molecule has 2 N–H and O–H groups in total. The highest BCUT2D eigenvalue weighted by Crippen LogP contribution is 2.29. The van der Waals surface area contributed by atoms with E-state index in [0.29, 0.717) is 11.3 Å². The van der Waals surface area contributed by atoms with Crippen molar-refractivity contribution in [2.75, 3.05) is 13.2 Å². The topological polar surface area (TPSA) is 78.9 Å². The number of carbonyl (C=O) groups excluding carboxylic acids is 2. The van der Waals surface area contributed by atoms with E-state index in [4.69, 9.17) is 4.74 Å². The zero-order chi connectivity index (χ0) is 22.7. The zero-order valence-electron chi connectivity index (χ0n) is 17.5. The standard InChI is InChI=1S/C25H23FN2O4/c1-25(19-9-11-20(26)12-10-19)23(30)28(24(31)27-25)15-21(29)16-32-22-13-7-18(8-14-22)17-5-3-2-4-6-17/h2-14,21,29H,15-16H2,1H3,(H,27,31). The summed E-state index contributed by atoms with van der Waals surface area (Å²) in [6.07, 6.45) is -1.07. The van der Waals surface area contributed by atoms with E-state index in [2.05, 4.69) is 5.32 Å². The highest BCUT2D eigenvalue weighted by atomic mass is 19.1. The van der Waals surface area contributed by atoms with Crippen molar-refractivity contribution in [2.24, 2.45) is 0 Å². The fourth-order valence-electron chi connectivity index (χ4n) is 3.67. The highest BCUT2D eigenvalue weighted by molar-refractivity contribution is 6.07. The van der Waals surface area contributed by atoms with E-state index in [1.807, 2.05) is 42.5 Å². The molecule has 1 fully saturated rings. The lowest BCUT2D eigenvalue weighted by molar-refractivity contribution is -0.132. The molecule has 1 saturated heterocycles. The van der Waals surface area contributed by atoms with E-state index in [9.17, 15) is 19.1 Å². The molecule has 0 aromatic heterocycles. The Bertz CT molecular complexity index is 1100. The van der Waals surface area contributed by atoms with Gasteiger partial charge in [-0.2, -0.15) is 0 Å². The molecule has 1 heterocycles. The van der Waals surface area contributed by atoms with Crippen molar-refractivity contribution in [1.29, 1.82) is 0 Å². The fraction of sp³-hybridized carbons (Fsp3) is 0.200. The number of halogens is 1. The smallest absolute Gasteiger partial charge is 0.325 e. The van der Waals surface area contributed by atoms with Gasteiger partial charge in [0.15, 0.2) is 0 Å². The highest BCUT2D eigenvalue weighted by Gasteiger charge is 2.49. The first kappa shape index (κ1) is 21.5. The summed E-state index contributed by atoms with van der Waals surface area (Å²) in [6.45, 7) is 1.25. The zero-order valence-corrected chi connectivity index (χ0v) is 17.5. The third-order valence-corrected chi connectivity index (χ3v) is 5.49. The molecule has 1 aliphatic heterocycles.